The van der Waals surface area contributed by atoms with Gasteiger partial charge in [0.2, 0.25) is 0 Å². The molecule has 1 fully saturated rings. The zero-order chi connectivity index (χ0) is 11.5. The third-order valence-electron chi connectivity index (χ3n) is 3.47. The van der Waals surface area contributed by atoms with Crippen LogP contribution in [0.4, 0.5) is 5.69 Å². The van der Waals surface area contributed by atoms with Crippen LogP contribution in [0.2, 0.25) is 0 Å². The molecular formula is C14H18N3W-. The molecule has 1 saturated heterocycles. The first-order valence-electron chi connectivity index (χ1n) is 6.48. The van der Waals surface area contributed by atoms with E-state index in [1.165, 1.54) is 30.9 Å². The number of likely N-dealkylation sites (tertiary alicyclic amines) is 1. The van der Waals surface area contributed by atoms with Crippen molar-refractivity contribution in [2.45, 2.75) is 19.3 Å². The molecule has 0 aromatic heterocycles. The molecule has 2 aliphatic heterocycles. The van der Waals surface area contributed by atoms with E-state index in [4.69, 9.17) is 0 Å². The van der Waals surface area contributed by atoms with E-state index in [1.54, 1.807) is 0 Å². The maximum Gasteiger partial charge on any atom is 0.199 e. The van der Waals surface area contributed by atoms with Crippen LogP contribution < -0.4 is 4.90 Å². The van der Waals surface area contributed by atoms with Crippen molar-refractivity contribution in [2.24, 2.45) is 4.99 Å². The summed E-state index contributed by atoms with van der Waals surface area (Å²) in [6, 6.07) is 11.2. The van der Waals surface area contributed by atoms with Gasteiger partial charge in [-0.15, -0.1) is 12.1 Å². The van der Waals surface area contributed by atoms with E-state index >= 15 is 0 Å². The number of aliphatic imine (C=N–C) groups is 1. The van der Waals surface area contributed by atoms with Crippen LogP contribution in [0.3, 0.4) is 0 Å². The summed E-state index contributed by atoms with van der Waals surface area (Å²) < 4.78 is 0. The number of anilines is 1. The molecule has 0 amide bonds. The third kappa shape index (κ3) is 2.77. The second-order valence-corrected chi connectivity index (χ2v) is 4.64. The average molecular weight is 412 g/mol. The smallest absolute Gasteiger partial charge is 0.199 e. The molecule has 2 aliphatic rings. The van der Waals surface area contributed by atoms with Gasteiger partial charge in [-0.1, -0.05) is 5.69 Å². The Morgan fingerprint density at radius 1 is 1.00 bits per heavy atom. The van der Waals surface area contributed by atoms with Gasteiger partial charge >= 0.3 is 0 Å². The second kappa shape index (κ2) is 6.38. The SMILES string of the molecule is [W].[c-]1ccc(N2CCN=C2N2CCCCC2)cc1. The minimum atomic E-state index is 0. The van der Waals surface area contributed by atoms with Gasteiger partial charge in [0.05, 0.1) is 6.54 Å². The molecule has 0 N–H and O–H groups in total. The number of guanidine groups is 1. The molecule has 3 rings (SSSR count). The van der Waals surface area contributed by atoms with Crippen LogP contribution in [0.15, 0.2) is 29.3 Å². The van der Waals surface area contributed by atoms with Crippen LogP contribution in [0, 0.1) is 6.07 Å². The van der Waals surface area contributed by atoms with Gasteiger partial charge in [-0.05, 0) is 19.3 Å². The fraction of sp³-hybridized carbons (Fsp3) is 0.500. The molecule has 0 spiro atoms. The number of hydrogen-bond acceptors (Lipinski definition) is 3. The Hall–Kier alpha value is -0.822. The summed E-state index contributed by atoms with van der Waals surface area (Å²) in [5, 5.41) is 0. The summed E-state index contributed by atoms with van der Waals surface area (Å²) in [5.74, 6) is 1.18. The maximum absolute atomic E-state index is 4.68. The van der Waals surface area contributed by atoms with Gasteiger partial charge in [0.1, 0.15) is 0 Å². The van der Waals surface area contributed by atoms with Crippen molar-refractivity contribution in [1.82, 2.24) is 4.90 Å². The van der Waals surface area contributed by atoms with Gasteiger partial charge in [-0.2, -0.15) is 18.2 Å². The molecule has 0 aliphatic carbocycles. The molecule has 0 bridgehead atoms. The average Bonchev–Trinajstić information content (AvgIpc) is 2.90. The second-order valence-electron chi connectivity index (χ2n) is 4.64. The molecule has 4 heteroatoms. The Morgan fingerprint density at radius 2 is 1.72 bits per heavy atom. The number of rotatable bonds is 1. The van der Waals surface area contributed by atoms with E-state index < -0.39 is 0 Å². The first kappa shape index (κ1) is 13.6. The topological polar surface area (TPSA) is 18.8 Å². The molecule has 0 saturated carbocycles. The summed E-state index contributed by atoms with van der Waals surface area (Å²) in [6.45, 7) is 4.25. The maximum atomic E-state index is 4.68. The van der Waals surface area contributed by atoms with Crippen molar-refractivity contribution in [2.75, 3.05) is 31.1 Å². The van der Waals surface area contributed by atoms with E-state index in [1.807, 2.05) is 12.1 Å². The fourth-order valence-electron chi connectivity index (χ4n) is 2.60. The van der Waals surface area contributed by atoms with E-state index in [-0.39, 0.29) is 21.1 Å². The Kier molecular flexibility index (Phi) is 4.82. The van der Waals surface area contributed by atoms with Crippen LogP contribution in [0.25, 0.3) is 0 Å². The minimum absolute atomic E-state index is 0. The zero-order valence-electron chi connectivity index (χ0n) is 10.5. The number of hydrogen-bond donors (Lipinski definition) is 0. The molecule has 96 valence electrons. The number of nitrogens with zero attached hydrogens (tertiary/aromatic N) is 3. The molecule has 0 unspecified atom stereocenters. The van der Waals surface area contributed by atoms with Gasteiger partial charge in [-0.3, -0.25) is 4.99 Å². The summed E-state index contributed by atoms with van der Waals surface area (Å²) in [6.07, 6.45) is 3.97. The third-order valence-corrected chi connectivity index (χ3v) is 3.47. The van der Waals surface area contributed by atoms with Crippen LogP contribution >= 0.6 is 0 Å². The van der Waals surface area contributed by atoms with Crippen LogP contribution in [-0.4, -0.2) is 37.0 Å². The Labute approximate surface area is 123 Å². The van der Waals surface area contributed by atoms with E-state index in [0.717, 1.165) is 26.2 Å². The molecular weight excluding hydrogens is 394 g/mol. The Morgan fingerprint density at radius 3 is 2.44 bits per heavy atom. The van der Waals surface area contributed by atoms with Crippen LogP contribution in [0.5, 0.6) is 0 Å². The van der Waals surface area contributed by atoms with Gasteiger partial charge < -0.3 is 9.80 Å². The summed E-state index contributed by atoms with van der Waals surface area (Å²) >= 11 is 0. The van der Waals surface area contributed by atoms with E-state index in [2.05, 4.69) is 33.0 Å². The standard InChI is InChI=1S/C14H18N3.W/c1-3-7-13(8-4-1)17-12-9-15-14(17)16-10-5-2-6-11-16;/h3-4,7-8H,2,5-6,9-12H2;/q-1;. The Balaban J connectivity index is 0.00000120. The fourth-order valence-corrected chi connectivity index (χ4v) is 2.60. The predicted molar refractivity (Wildman–Crippen MR) is 70.4 cm³/mol. The van der Waals surface area contributed by atoms with Crippen molar-refractivity contribution in [1.29, 1.82) is 0 Å². The molecule has 2 heterocycles. The van der Waals surface area contributed by atoms with Crippen LogP contribution in [0.1, 0.15) is 19.3 Å². The van der Waals surface area contributed by atoms with E-state index in [9.17, 15) is 0 Å². The minimum Gasteiger partial charge on any atom is -0.343 e. The molecule has 0 radical (unpaired) electrons. The molecule has 18 heavy (non-hydrogen) atoms. The summed E-state index contributed by atoms with van der Waals surface area (Å²) in [7, 11) is 0. The number of piperidine rings is 1. The van der Waals surface area contributed by atoms with Crippen molar-refractivity contribution in [3.8, 4) is 0 Å². The normalized spacial score (nSPS) is 19.4. The quantitative estimate of drug-likeness (QED) is 0.659. The number of benzene rings is 1. The molecule has 1 aromatic carbocycles. The van der Waals surface area contributed by atoms with Crippen molar-refractivity contribution >= 4 is 11.6 Å². The first-order chi connectivity index (χ1) is 8.45. The monoisotopic (exact) mass is 412 g/mol. The summed E-state index contributed by atoms with van der Waals surface area (Å²) in [5.41, 5.74) is 1.24. The van der Waals surface area contributed by atoms with Gasteiger partial charge in [0, 0.05) is 40.7 Å². The van der Waals surface area contributed by atoms with Crippen molar-refractivity contribution in [3.05, 3.63) is 30.3 Å². The Bertz CT molecular complexity index is 399. The zero-order valence-corrected chi connectivity index (χ0v) is 13.4. The first-order valence-corrected chi connectivity index (χ1v) is 6.48. The van der Waals surface area contributed by atoms with E-state index in [0.29, 0.717) is 0 Å². The largest absolute Gasteiger partial charge is 0.343 e. The molecule has 3 nitrogen and oxygen atoms in total. The van der Waals surface area contributed by atoms with Crippen molar-refractivity contribution < 1.29 is 21.1 Å². The van der Waals surface area contributed by atoms with Crippen molar-refractivity contribution in [3.63, 3.8) is 0 Å². The summed E-state index contributed by atoms with van der Waals surface area (Å²) in [4.78, 5) is 9.45. The predicted octanol–water partition coefficient (Wildman–Crippen LogP) is 2.15. The van der Waals surface area contributed by atoms with Gasteiger partial charge in [0.25, 0.3) is 0 Å². The molecule has 1 aromatic rings. The van der Waals surface area contributed by atoms with Crippen LogP contribution in [-0.2, 0) is 21.1 Å². The van der Waals surface area contributed by atoms with Gasteiger partial charge in [-0.25, -0.2) is 0 Å². The van der Waals surface area contributed by atoms with Gasteiger partial charge in [0.15, 0.2) is 5.96 Å². The molecule has 0 atom stereocenters.